The molecule has 3 aromatic rings. The molecule has 0 radical (unpaired) electrons. The van der Waals surface area contributed by atoms with E-state index in [-0.39, 0.29) is 11.7 Å². The molecule has 0 unspecified atom stereocenters. The van der Waals surface area contributed by atoms with Gasteiger partial charge in [0, 0.05) is 17.4 Å². The van der Waals surface area contributed by atoms with E-state index in [0.717, 1.165) is 23.9 Å². The lowest BCUT2D eigenvalue weighted by Gasteiger charge is -2.12. The fourth-order valence-corrected chi connectivity index (χ4v) is 2.77. The third-order valence-electron chi connectivity index (χ3n) is 4.26. The summed E-state index contributed by atoms with van der Waals surface area (Å²) in [5.74, 6) is 0.744. The summed E-state index contributed by atoms with van der Waals surface area (Å²) in [6.07, 6.45) is 2.04. The molecule has 1 aromatic heterocycles. The van der Waals surface area contributed by atoms with Crippen molar-refractivity contribution in [1.29, 1.82) is 0 Å². The van der Waals surface area contributed by atoms with E-state index < -0.39 is 0 Å². The third-order valence-corrected chi connectivity index (χ3v) is 4.26. The summed E-state index contributed by atoms with van der Waals surface area (Å²) >= 11 is 0. The molecule has 0 spiro atoms. The van der Waals surface area contributed by atoms with E-state index in [0.29, 0.717) is 35.7 Å². The van der Waals surface area contributed by atoms with Gasteiger partial charge in [-0.15, -0.1) is 0 Å². The lowest BCUT2D eigenvalue weighted by atomic mass is 10.2. The van der Waals surface area contributed by atoms with Gasteiger partial charge in [0.1, 0.15) is 11.5 Å². The van der Waals surface area contributed by atoms with Crippen molar-refractivity contribution >= 4 is 16.8 Å². The number of halogens is 1. The second kappa shape index (κ2) is 8.58. The smallest absolute Gasteiger partial charge is 0.267 e. The highest BCUT2D eigenvalue weighted by Crippen LogP contribution is 2.28. The van der Waals surface area contributed by atoms with E-state index in [2.05, 4.69) is 17.2 Å². The Kier molecular flexibility index (Phi) is 5.96. The Labute approximate surface area is 157 Å². The van der Waals surface area contributed by atoms with Crippen LogP contribution in [0.2, 0.25) is 0 Å². The molecular weight excluding hydrogens is 347 g/mol. The van der Waals surface area contributed by atoms with E-state index in [9.17, 15) is 9.18 Å². The van der Waals surface area contributed by atoms with E-state index in [1.54, 1.807) is 19.2 Å². The summed E-state index contributed by atoms with van der Waals surface area (Å²) in [6, 6.07) is 11.6. The number of H-pyrrole nitrogens is 1. The quantitative estimate of drug-likeness (QED) is 0.577. The molecule has 2 aromatic carbocycles. The molecule has 1 amide bonds. The number of hydrogen-bond acceptors (Lipinski definition) is 3. The molecule has 0 bridgehead atoms. The molecule has 0 atom stereocenters. The Hall–Kier alpha value is -3.02. The Morgan fingerprint density at radius 3 is 2.78 bits per heavy atom. The number of ether oxygens (including phenoxy) is 2. The fourth-order valence-electron chi connectivity index (χ4n) is 2.77. The highest BCUT2D eigenvalue weighted by atomic mass is 19.1. The zero-order valence-electron chi connectivity index (χ0n) is 15.5. The molecule has 0 aliphatic rings. The summed E-state index contributed by atoms with van der Waals surface area (Å²) in [7, 11) is 1.59. The van der Waals surface area contributed by atoms with Crippen LogP contribution in [-0.4, -0.2) is 24.6 Å². The lowest BCUT2D eigenvalue weighted by molar-refractivity contribution is 0.0946. The number of benzene rings is 2. The molecule has 6 heteroatoms. The Morgan fingerprint density at radius 2 is 2.00 bits per heavy atom. The first-order valence-corrected chi connectivity index (χ1v) is 8.97. The molecule has 0 aliphatic carbocycles. The lowest BCUT2D eigenvalue weighted by Crippen LogP contribution is -2.23. The number of aromatic amines is 1. The van der Waals surface area contributed by atoms with Crippen molar-refractivity contribution < 1.29 is 18.7 Å². The Morgan fingerprint density at radius 1 is 1.15 bits per heavy atom. The second-order valence-corrected chi connectivity index (χ2v) is 6.28. The number of unbranched alkanes of at least 4 members (excludes halogenated alkanes) is 1. The van der Waals surface area contributed by atoms with E-state index >= 15 is 0 Å². The third kappa shape index (κ3) is 4.58. The number of methoxy groups -OCH3 is 1. The van der Waals surface area contributed by atoms with Crippen LogP contribution in [0.25, 0.3) is 10.9 Å². The van der Waals surface area contributed by atoms with Crippen LogP contribution in [0.4, 0.5) is 4.39 Å². The molecule has 0 saturated heterocycles. The van der Waals surface area contributed by atoms with Crippen LogP contribution in [0.3, 0.4) is 0 Å². The van der Waals surface area contributed by atoms with Crippen molar-refractivity contribution in [3.8, 4) is 11.5 Å². The Balaban J connectivity index is 1.65. The largest absolute Gasteiger partial charge is 0.493 e. The van der Waals surface area contributed by atoms with Crippen molar-refractivity contribution in [3.05, 3.63) is 59.5 Å². The molecule has 1 heterocycles. The maximum Gasteiger partial charge on any atom is 0.267 e. The maximum atomic E-state index is 13.3. The number of amides is 1. The number of nitrogens with one attached hydrogen (secondary N) is 2. The van der Waals surface area contributed by atoms with Gasteiger partial charge in [-0.1, -0.05) is 19.4 Å². The summed E-state index contributed by atoms with van der Waals surface area (Å²) < 4.78 is 24.4. The highest BCUT2D eigenvalue weighted by molar-refractivity contribution is 5.97. The molecule has 0 saturated carbocycles. The number of carbonyl (C=O) groups is 1. The van der Waals surface area contributed by atoms with Gasteiger partial charge in [0.25, 0.3) is 5.91 Å². The van der Waals surface area contributed by atoms with Gasteiger partial charge in [0.2, 0.25) is 0 Å². The van der Waals surface area contributed by atoms with Crippen molar-refractivity contribution in [2.75, 3.05) is 13.7 Å². The highest BCUT2D eigenvalue weighted by Gasteiger charge is 2.11. The number of hydrogen-bond donors (Lipinski definition) is 2. The zero-order chi connectivity index (χ0) is 19.2. The minimum Gasteiger partial charge on any atom is -0.493 e. The molecule has 0 aliphatic heterocycles. The standard InChI is InChI=1S/C21H23FN2O3/c1-3-4-9-27-19-8-5-14(10-20(19)26-2)13-23-21(25)18-12-15-11-16(22)6-7-17(15)24-18/h5-8,10-12,24H,3-4,9,13H2,1-2H3,(H,23,25). The fraction of sp³-hybridized carbons (Fsp3) is 0.286. The molecule has 2 N–H and O–H groups in total. The van der Waals surface area contributed by atoms with Crippen LogP contribution in [0.1, 0.15) is 35.8 Å². The van der Waals surface area contributed by atoms with E-state index in [1.807, 2.05) is 18.2 Å². The SMILES string of the molecule is CCCCOc1ccc(CNC(=O)c2cc3cc(F)ccc3[nH]2)cc1OC. The maximum absolute atomic E-state index is 13.3. The molecule has 5 nitrogen and oxygen atoms in total. The van der Waals surface area contributed by atoms with Gasteiger partial charge >= 0.3 is 0 Å². The predicted octanol–water partition coefficient (Wildman–Crippen LogP) is 4.42. The van der Waals surface area contributed by atoms with Crippen LogP contribution in [-0.2, 0) is 6.54 Å². The van der Waals surface area contributed by atoms with Crippen molar-refractivity contribution in [2.24, 2.45) is 0 Å². The van der Waals surface area contributed by atoms with E-state index in [1.165, 1.54) is 12.1 Å². The van der Waals surface area contributed by atoms with Crippen LogP contribution < -0.4 is 14.8 Å². The first-order chi connectivity index (χ1) is 13.1. The summed E-state index contributed by atoms with van der Waals surface area (Å²) in [5.41, 5.74) is 2.00. The number of fused-ring (bicyclic) bond motifs is 1. The van der Waals surface area contributed by atoms with Gasteiger partial charge in [-0.2, -0.15) is 0 Å². The number of aromatic nitrogens is 1. The van der Waals surface area contributed by atoms with Crippen molar-refractivity contribution in [1.82, 2.24) is 10.3 Å². The van der Waals surface area contributed by atoms with Gasteiger partial charge in [0.15, 0.2) is 11.5 Å². The first-order valence-electron chi connectivity index (χ1n) is 8.97. The van der Waals surface area contributed by atoms with Gasteiger partial charge in [-0.3, -0.25) is 4.79 Å². The first kappa shape index (κ1) is 18.8. The summed E-state index contributed by atoms with van der Waals surface area (Å²) in [6.45, 7) is 3.09. The van der Waals surface area contributed by atoms with Gasteiger partial charge in [-0.05, 0) is 48.4 Å². The summed E-state index contributed by atoms with van der Waals surface area (Å²) in [4.78, 5) is 15.4. The topological polar surface area (TPSA) is 63.3 Å². The normalized spacial score (nSPS) is 10.8. The Bertz CT molecular complexity index is 936. The van der Waals surface area contributed by atoms with Crippen molar-refractivity contribution in [2.45, 2.75) is 26.3 Å². The minimum absolute atomic E-state index is 0.256. The number of rotatable bonds is 8. The van der Waals surface area contributed by atoms with Crippen LogP contribution >= 0.6 is 0 Å². The van der Waals surface area contributed by atoms with Gasteiger partial charge < -0.3 is 19.8 Å². The number of carbonyl (C=O) groups excluding carboxylic acids is 1. The molecule has 3 rings (SSSR count). The average Bonchev–Trinajstić information content (AvgIpc) is 3.10. The molecule has 0 fully saturated rings. The van der Waals surface area contributed by atoms with Crippen LogP contribution in [0.5, 0.6) is 11.5 Å². The van der Waals surface area contributed by atoms with Gasteiger partial charge in [-0.25, -0.2) is 4.39 Å². The minimum atomic E-state index is -0.332. The monoisotopic (exact) mass is 370 g/mol. The molecule has 27 heavy (non-hydrogen) atoms. The second-order valence-electron chi connectivity index (χ2n) is 6.28. The molecule has 142 valence electrons. The predicted molar refractivity (Wildman–Crippen MR) is 103 cm³/mol. The molecular formula is C21H23FN2O3. The van der Waals surface area contributed by atoms with E-state index in [4.69, 9.17) is 9.47 Å². The summed E-state index contributed by atoms with van der Waals surface area (Å²) in [5, 5.41) is 3.52. The zero-order valence-corrected chi connectivity index (χ0v) is 15.5. The van der Waals surface area contributed by atoms with Crippen molar-refractivity contribution in [3.63, 3.8) is 0 Å². The van der Waals surface area contributed by atoms with Gasteiger partial charge in [0.05, 0.1) is 13.7 Å². The average molecular weight is 370 g/mol. The van der Waals surface area contributed by atoms with Crippen LogP contribution in [0, 0.1) is 5.82 Å². The van der Waals surface area contributed by atoms with Crippen LogP contribution in [0.15, 0.2) is 42.5 Å².